The van der Waals surface area contributed by atoms with Crippen LogP contribution in [0.1, 0.15) is 12.5 Å². The van der Waals surface area contributed by atoms with Crippen LogP contribution < -0.4 is 9.50 Å². The molecular formula is C15H14ClNO4S. The number of anilines is 1. The van der Waals surface area contributed by atoms with Gasteiger partial charge < -0.3 is 9.50 Å². The van der Waals surface area contributed by atoms with Crippen LogP contribution in [0.25, 0.3) is 0 Å². The molecule has 2 aromatic rings. The molecule has 7 heteroatoms. The average Bonchev–Trinajstić information content (AvgIpc) is 2.39. The van der Waals surface area contributed by atoms with Gasteiger partial charge in [0.1, 0.15) is 10.6 Å². The van der Waals surface area contributed by atoms with Crippen molar-refractivity contribution in [2.75, 3.05) is 5.32 Å². The predicted molar refractivity (Wildman–Crippen MR) is 84.7 cm³/mol. The Labute approximate surface area is 134 Å². The number of amides is 1. The minimum absolute atomic E-state index is 0.0919. The highest BCUT2D eigenvalue weighted by atomic mass is 35.5. The summed E-state index contributed by atoms with van der Waals surface area (Å²) in [7, 11) is -4.02. The summed E-state index contributed by atoms with van der Waals surface area (Å²) in [5.74, 6) is -0.0847. The van der Waals surface area contributed by atoms with Gasteiger partial charge in [-0.2, -0.15) is 8.42 Å². The van der Waals surface area contributed by atoms with Crippen molar-refractivity contribution in [3.63, 3.8) is 0 Å². The highest BCUT2D eigenvalue weighted by Gasteiger charge is 2.20. The van der Waals surface area contributed by atoms with E-state index < -0.39 is 10.1 Å². The second-order valence-electron chi connectivity index (χ2n) is 4.68. The van der Waals surface area contributed by atoms with Crippen LogP contribution in [0.2, 0.25) is 5.02 Å². The first-order valence-electron chi connectivity index (χ1n) is 6.36. The van der Waals surface area contributed by atoms with Gasteiger partial charge in [-0.1, -0.05) is 17.7 Å². The topological polar surface area (TPSA) is 72.5 Å². The molecule has 1 N–H and O–H groups in total. The Bertz CT molecular complexity index is 801. The Morgan fingerprint density at radius 3 is 2.32 bits per heavy atom. The molecule has 0 bridgehead atoms. The Morgan fingerprint density at radius 2 is 1.77 bits per heavy atom. The zero-order chi connectivity index (χ0) is 16.3. The van der Waals surface area contributed by atoms with Crippen molar-refractivity contribution in [3.05, 3.63) is 53.1 Å². The van der Waals surface area contributed by atoms with Crippen molar-refractivity contribution < 1.29 is 17.4 Å². The summed E-state index contributed by atoms with van der Waals surface area (Å²) in [5, 5.41) is 2.68. The molecule has 0 saturated carbocycles. The summed E-state index contributed by atoms with van der Waals surface area (Å²) in [6.07, 6.45) is 0. The normalized spacial score (nSPS) is 11.0. The lowest BCUT2D eigenvalue weighted by atomic mass is 10.2. The maximum Gasteiger partial charge on any atom is 0.340 e. The molecule has 22 heavy (non-hydrogen) atoms. The third-order valence-electron chi connectivity index (χ3n) is 2.74. The van der Waals surface area contributed by atoms with Crippen LogP contribution in [0.4, 0.5) is 5.69 Å². The van der Waals surface area contributed by atoms with E-state index in [1.807, 2.05) is 6.92 Å². The Morgan fingerprint density at radius 1 is 1.14 bits per heavy atom. The van der Waals surface area contributed by atoms with Gasteiger partial charge in [-0.05, 0) is 48.9 Å². The molecule has 5 nitrogen and oxygen atoms in total. The molecule has 0 saturated heterocycles. The number of rotatable bonds is 4. The van der Waals surface area contributed by atoms with Crippen molar-refractivity contribution in [2.45, 2.75) is 18.7 Å². The minimum atomic E-state index is -4.02. The number of hydrogen-bond donors (Lipinski definition) is 1. The molecule has 0 spiro atoms. The fourth-order valence-corrected chi connectivity index (χ4v) is 3.28. The van der Waals surface area contributed by atoms with Gasteiger partial charge in [0.2, 0.25) is 5.91 Å². The number of hydrogen-bond acceptors (Lipinski definition) is 4. The Balaban J connectivity index is 2.23. The maximum atomic E-state index is 12.2. The predicted octanol–water partition coefficient (Wildman–Crippen LogP) is 3.37. The van der Waals surface area contributed by atoms with Crippen LogP contribution in [0.3, 0.4) is 0 Å². The number of halogens is 1. The highest BCUT2D eigenvalue weighted by Crippen LogP contribution is 2.26. The number of carbonyl (C=O) groups excluding carboxylic acids is 1. The summed E-state index contributed by atoms with van der Waals surface area (Å²) in [5.41, 5.74) is 1.40. The van der Waals surface area contributed by atoms with Gasteiger partial charge in [0.05, 0.1) is 5.02 Å². The molecule has 0 aromatic heterocycles. The van der Waals surface area contributed by atoms with Crippen LogP contribution in [0.15, 0.2) is 47.4 Å². The first-order valence-corrected chi connectivity index (χ1v) is 8.15. The van der Waals surface area contributed by atoms with E-state index in [1.165, 1.54) is 25.1 Å². The summed E-state index contributed by atoms with van der Waals surface area (Å²) in [4.78, 5) is 10.8. The molecule has 0 aliphatic carbocycles. The van der Waals surface area contributed by atoms with Gasteiger partial charge in [-0.3, -0.25) is 4.79 Å². The molecule has 0 heterocycles. The fourth-order valence-electron chi connectivity index (χ4n) is 1.78. The minimum Gasteiger partial charge on any atom is -0.379 e. The molecule has 0 fully saturated rings. The maximum absolute atomic E-state index is 12.2. The van der Waals surface area contributed by atoms with Crippen molar-refractivity contribution in [1.82, 2.24) is 0 Å². The van der Waals surface area contributed by atoms with E-state index in [0.29, 0.717) is 5.69 Å². The van der Waals surface area contributed by atoms with Crippen molar-refractivity contribution in [2.24, 2.45) is 0 Å². The third-order valence-corrected chi connectivity index (χ3v) is 4.47. The molecule has 0 unspecified atom stereocenters. The molecule has 116 valence electrons. The molecule has 2 rings (SSSR count). The number of benzene rings is 2. The van der Waals surface area contributed by atoms with E-state index in [1.54, 1.807) is 24.3 Å². The van der Waals surface area contributed by atoms with Gasteiger partial charge >= 0.3 is 10.1 Å². The van der Waals surface area contributed by atoms with Gasteiger partial charge in [0.25, 0.3) is 0 Å². The number of nitrogens with one attached hydrogen (secondary N) is 1. The van der Waals surface area contributed by atoms with E-state index in [2.05, 4.69) is 5.32 Å². The van der Waals surface area contributed by atoms with Crippen LogP contribution in [-0.4, -0.2) is 14.3 Å². The van der Waals surface area contributed by atoms with Crippen molar-refractivity contribution in [1.29, 1.82) is 0 Å². The van der Waals surface area contributed by atoms with Gasteiger partial charge in [-0.25, -0.2) is 0 Å². The van der Waals surface area contributed by atoms with E-state index in [4.69, 9.17) is 15.8 Å². The highest BCUT2D eigenvalue weighted by molar-refractivity contribution is 7.87. The zero-order valence-corrected chi connectivity index (χ0v) is 13.5. The smallest absolute Gasteiger partial charge is 0.340 e. The lowest BCUT2D eigenvalue weighted by molar-refractivity contribution is -0.114. The van der Waals surface area contributed by atoms with Crippen LogP contribution in [0.5, 0.6) is 5.75 Å². The van der Waals surface area contributed by atoms with Crippen LogP contribution in [0, 0.1) is 6.92 Å². The van der Waals surface area contributed by atoms with E-state index >= 15 is 0 Å². The molecule has 2 aromatic carbocycles. The Hall–Kier alpha value is -2.05. The van der Waals surface area contributed by atoms with Crippen molar-refractivity contribution in [3.8, 4) is 5.75 Å². The van der Waals surface area contributed by atoms with E-state index in [-0.39, 0.29) is 21.6 Å². The zero-order valence-electron chi connectivity index (χ0n) is 12.0. The Kier molecular flexibility index (Phi) is 4.73. The second kappa shape index (κ2) is 6.37. The molecule has 0 aliphatic rings. The van der Waals surface area contributed by atoms with E-state index in [9.17, 15) is 13.2 Å². The molecule has 0 aliphatic heterocycles. The van der Waals surface area contributed by atoms with Crippen molar-refractivity contribution >= 4 is 33.3 Å². The first kappa shape index (κ1) is 16.3. The first-order chi connectivity index (χ1) is 10.3. The lowest BCUT2D eigenvalue weighted by Gasteiger charge is -2.09. The summed E-state index contributed by atoms with van der Waals surface area (Å²) in [6.45, 7) is 3.19. The van der Waals surface area contributed by atoms with Gasteiger partial charge in [0, 0.05) is 12.6 Å². The summed E-state index contributed by atoms with van der Waals surface area (Å²) >= 11 is 5.96. The van der Waals surface area contributed by atoms with Crippen LogP contribution in [-0.2, 0) is 14.9 Å². The SMILES string of the molecule is CC(=O)Nc1ccc(OS(=O)(=O)c2ccc(C)cc2Cl)cc1. The molecular weight excluding hydrogens is 326 g/mol. The summed E-state index contributed by atoms with van der Waals surface area (Å²) in [6, 6.07) is 10.6. The van der Waals surface area contributed by atoms with E-state index in [0.717, 1.165) is 5.56 Å². The molecule has 0 radical (unpaired) electrons. The standard InChI is InChI=1S/C15H14ClNO4S/c1-10-3-8-15(14(16)9-10)22(19,20)21-13-6-4-12(5-7-13)17-11(2)18/h3-9H,1-2H3,(H,17,18). The molecule has 0 atom stereocenters. The monoisotopic (exact) mass is 339 g/mol. The number of carbonyl (C=O) groups is 1. The van der Waals surface area contributed by atoms with Gasteiger partial charge in [0.15, 0.2) is 0 Å². The summed E-state index contributed by atoms with van der Waals surface area (Å²) < 4.78 is 29.5. The largest absolute Gasteiger partial charge is 0.379 e. The lowest BCUT2D eigenvalue weighted by Crippen LogP contribution is -2.10. The quantitative estimate of drug-likeness (QED) is 0.867. The number of aryl methyl sites for hydroxylation is 1. The second-order valence-corrected chi connectivity index (χ2v) is 6.60. The average molecular weight is 340 g/mol. The fraction of sp³-hybridized carbons (Fsp3) is 0.133. The van der Waals surface area contributed by atoms with Crippen LogP contribution >= 0.6 is 11.6 Å². The molecule has 1 amide bonds. The third kappa shape index (κ3) is 3.99. The van der Waals surface area contributed by atoms with Gasteiger partial charge in [-0.15, -0.1) is 0 Å².